The van der Waals surface area contributed by atoms with Gasteiger partial charge in [-0.25, -0.2) is 0 Å². The third-order valence-corrected chi connectivity index (χ3v) is 5.20. The largest absolute Gasteiger partial charge is 0.381 e. The number of carbonyl (C=O) groups is 1. The van der Waals surface area contributed by atoms with E-state index >= 15 is 0 Å². The standard InChI is InChI=1S/C14H23NO3/c1-17-12-8-11(14(12)5-3-6-14)15-13(16)10-4-2-7-18-9-10/h10-12H,2-9H2,1H3,(H,15,16)/t10-,11-,12+/m0/s1. The first-order valence-corrected chi connectivity index (χ1v) is 7.17. The lowest BCUT2D eigenvalue weighted by molar-refractivity contribution is -0.168. The molecule has 4 nitrogen and oxygen atoms in total. The van der Waals surface area contributed by atoms with Crippen molar-refractivity contribution < 1.29 is 14.3 Å². The number of ether oxygens (including phenoxy) is 2. The molecule has 3 fully saturated rings. The predicted molar refractivity (Wildman–Crippen MR) is 67.2 cm³/mol. The van der Waals surface area contributed by atoms with E-state index in [1.807, 2.05) is 0 Å². The van der Waals surface area contributed by atoms with Crippen molar-refractivity contribution in [1.29, 1.82) is 0 Å². The Morgan fingerprint density at radius 3 is 2.78 bits per heavy atom. The molecule has 1 saturated heterocycles. The zero-order valence-corrected chi connectivity index (χ0v) is 11.1. The van der Waals surface area contributed by atoms with Crippen molar-refractivity contribution in [2.75, 3.05) is 20.3 Å². The number of rotatable bonds is 3. The molecule has 1 aliphatic heterocycles. The van der Waals surface area contributed by atoms with Gasteiger partial charge in [-0.1, -0.05) is 6.42 Å². The minimum Gasteiger partial charge on any atom is -0.381 e. The smallest absolute Gasteiger partial charge is 0.225 e. The number of methoxy groups -OCH3 is 1. The van der Waals surface area contributed by atoms with Gasteiger partial charge in [-0.15, -0.1) is 0 Å². The van der Waals surface area contributed by atoms with Crippen LogP contribution in [0.3, 0.4) is 0 Å². The van der Waals surface area contributed by atoms with Crippen LogP contribution in [0.1, 0.15) is 38.5 Å². The zero-order chi connectivity index (χ0) is 12.6. The molecule has 3 aliphatic rings. The molecular weight excluding hydrogens is 230 g/mol. The van der Waals surface area contributed by atoms with Crippen molar-refractivity contribution in [1.82, 2.24) is 5.32 Å². The van der Waals surface area contributed by atoms with Gasteiger partial charge in [-0.2, -0.15) is 0 Å². The zero-order valence-electron chi connectivity index (χ0n) is 11.1. The maximum atomic E-state index is 12.2. The minimum atomic E-state index is 0.0671. The first-order chi connectivity index (χ1) is 8.76. The quantitative estimate of drug-likeness (QED) is 0.829. The number of hydrogen-bond acceptors (Lipinski definition) is 3. The summed E-state index contributed by atoms with van der Waals surface area (Å²) in [4.78, 5) is 12.2. The molecule has 0 bridgehead atoms. The second-order valence-electron chi connectivity index (χ2n) is 6.02. The van der Waals surface area contributed by atoms with Crippen molar-refractivity contribution in [2.24, 2.45) is 11.3 Å². The molecule has 2 saturated carbocycles. The second kappa shape index (κ2) is 4.82. The fraction of sp³-hybridized carbons (Fsp3) is 0.929. The van der Waals surface area contributed by atoms with Crippen LogP contribution in [0.2, 0.25) is 0 Å². The average molecular weight is 253 g/mol. The molecular formula is C14H23NO3. The van der Waals surface area contributed by atoms with Crippen LogP contribution in [-0.4, -0.2) is 38.4 Å². The van der Waals surface area contributed by atoms with Crippen LogP contribution in [0, 0.1) is 11.3 Å². The molecule has 102 valence electrons. The van der Waals surface area contributed by atoms with E-state index < -0.39 is 0 Å². The number of carbonyl (C=O) groups excluding carboxylic acids is 1. The molecule has 3 atom stereocenters. The van der Waals surface area contributed by atoms with Gasteiger partial charge in [0.1, 0.15) is 0 Å². The minimum absolute atomic E-state index is 0.0671. The molecule has 1 amide bonds. The summed E-state index contributed by atoms with van der Waals surface area (Å²) >= 11 is 0. The van der Waals surface area contributed by atoms with E-state index in [0.717, 1.165) is 25.9 Å². The summed E-state index contributed by atoms with van der Waals surface area (Å²) in [6.07, 6.45) is 7.01. The SMILES string of the molecule is CO[C@@H]1C[C@H](NC(=O)[C@H]2CCCOC2)C12CCC2. The molecule has 1 heterocycles. The van der Waals surface area contributed by atoms with Crippen molar-refractivity contribution in [3.8, 4) is 0 Å². The Morgan fingerprint density at radius 1 is 1.39 bits per heavy atom. The Hall–Kier alpha value is -0.610. The predicted octanol–water partition coefficient (Wildman–Crippen LogP) is 1.49. The maximum absolute atomic E-state index is 12.2. The fourth-order valence-corrected chi connectivity index (χ4v) is 3.77. The van der Waals surface area contributed by atoms with Gasteiger partial charge in [0.25, 0.3) is 0 Å². The van der Waals surface area contributed by atoms with E-state index in [4.69, 9.17) is 9.47 Å². The fourth-order valence-electron chi connectivity index (χ4n) is 3.77. The van der Waals surface area contributed by atoms with Crippen LogP contribution >= 0.6 is 0 Å². The summed E-state index contributed by atoms with van der Waals surface area (Å²) in [6.45, 7) is 1.40. The highest BCUT2D eigenvalue weighted by molar-refractivity contribution is 5.79. The van der Waals surface area contributed by atoms with Crippen LogP contribution in [-0.2, 0) is 14.3 Å². The van der Waals surface area contributed by atoms with Gasteiger partial charge in [-0.05, 0) is 32.1 Å². The summed E-state index contributed by atoms with van der Waals surface area (Å²) in [5.41, 5.74) is 0.264. The van der Waals surface area contributed by atoms with Gasteiger partial charge in [0.15, 0.2) is 0 Å². The lowest BCUT2D eigenvalue weighted by Crippen LogP contribution is -2.68. The Morgan fingerprint density at radius 2 is 2.22 bits per heavy atom. The van der Waals surface area contributed by atoms with Gasteiger partial charge < -0.3 is 14.8 Å². The van der Waals surface area contributed by atoms with Crippen LogP contribution in [0.4, 0.5) is 0 Å². The van der Waals surface area contributed by atoms with Crippen molar-refractivity contribution >= 4 is 5.91 Å². The van der Waals surface area contributed by atoms with Crippen LogP contribution in [0.25, 0.3) is 0 Å². The van der Waals surface area contributed by atoms with E-state index in [9.17, 15) is 4.79 Å². The lowest BCUT2D eigenvalue weighted by Gasteiger charge is -2.60. The van der Waals surface area contributed by atoms with Gasteiger partial charge >= 0.3 is 0 Å². The Kier molecular flexibility index (Phi) is 3.32. The molecule has 0 aromatic carbocycles. The van der Waals surface area contributed by atoms with E-state index in [-0.39, 0.29) is 17.2 Å². The van der Waals surface area contributed by atoms with Crippen LogP contribution in [0.15, 0.2) is 0 Å². The molecule has 2 aliphatic carbocycles. The average Bonchev–Trinajstić information content (AvgIpc) is 2.32. The van der Waals surface area contributed by atoms with Crippen LogP contribution < -0.4 is 5.32 Å². The van der Waals surface area contributed by atoms with E-state index in [1.165, 1.54) is 19.3 Å². The van der Waals surface area contributed by atoms with Crippen molar-refractivity contribution in [3.63, 3.8) is 0 Å². The molecule has 3 rings (SSSR count). The Labute approximate surface area is 108 Å². The van der Waals surface area contributed by atoms with Gasteiger partial charge in [0.2, 0.25) is 5.91 Å². The van der Waals surface area contributed by atoms with E-state index in [0.29, 0.717) is 18.8 Å². The third kappa shape index (κ3) is 1.86. The molecule has 18 heavy (non-hydrogen) atoms. The van der Waals surface area contributed by atoms with Gasteiger partial charge in [0, 0.05) is 25.2 Å². The molecule has 1 N–H and O–H groups in total. The summed E-state index contributed by atoms with van der Waals surface area (Å²) in [5, 5.41) is 3.24. The molecule has 0 unspecified atom stereocenters. The number of nitrogens with one attached hydrogen (secondary N) is 1. The summed E-state index contributed by atoms with van der Waals surface area (Å²) < 4.78 is 10.9. The number of amides is 1. The van der Waals surface area contributed by atoms with Gasteiger partial charge in [0.05, 0.1) is 18.6 Å². The highest BCUT2D eigenvalue weighted by Crippen LogP contribution is 2.57. The third-order valence-electron chi connectivity index (χ3n) is 5.20. The first-order valence-electron chi connectivity index (χ1n) is 7.17. The highest BCUT2D eigenvalue weighted by Gasteiger charge is 2.59. The Bertz CT molecular complexity index is 321. The summed E-state index contributed by atoms with van der Waals surface area (Å²) in [5.74, 6) is 0.262. The molecule has 1 spiro atoms. The maximum Gasteiger partial charge on any atom is 0.225 e. The molecule has 4 heteroatoms. The topological polar surface area (TPSA) is 47.6 Å². The second-order valence-corrected chi connectivity index (χ2v) is 6.02. The van der Waals surface area contributed by atoms with Crippen molar-refractivity contribution in [3.05, 3.63) is 0 Å². The van der Waals surface area contributed by atoms with Crippen molar-refractivity contribution in [2.45, 2.75) is 50.7 Å². The van der Waals surface area contributed by atoms with E-state index in [2.05, 4.69) is 5.32 Å². The monoisotopic (exact) mass is 253 g/mol. The number of hydrogen-bond donors (Lipinski definition) is 1. The molecule has 0 aromatic rings. The summed E-state index contributed by atoms with van der Waals surface area (Å²) in [7, 11) is 1.79. The highest BCUT2D eigenvalue weighted by atomic mass is 16.5. The Balaban J connectivity index is 1.55. The van der Waals surface area contributed by atoms with Crippen LogP contribution in [0.5, 0.6) is 0 Å². The first kappa shape index (κ1) is 12.4. The van der Waals surface area contributed by atoms with Gasteiger partial charge in [-0.3, -0.25) is 4.79 Å². The normalized spacial score (nSPS) is 37.7. The molecule has 0 aromatic heterocycles. The lowest BCUT2D eigenvalue weighted by atomic mass is 9.51. The summed E-state index contributed by atoms with van der Waals surface area (Å²) in [6, 6.07) is 0.339. The molecule has 0 radical (unpaired) electrons. The van der Waals surface area contributed by atoms with E-state index in [1.54, 1.807) is 7.11 Å².